The van der Waals surface area contributed by atoms with Crippen molar-refractivity contribution in [2.45, 2.75) is 44.6 Å². The SMILES string of the molecule is N#Cc1cnc2ccccc2c1N1CCCC(N2CCCCCC2)C1. The Labute approximate surface area is 150 Å². The minimum absolute atomic E-state index is 0.616. The molecular weight excluding hydrogens is 308 g/mol. The molecule has 0 amide bonds. The molecule has 0 bridgehead atoms. The molecule has 2 aliphatic rings. The minimum Gasteiger partial charge on any atom is -0.368 e. The highest BCUT2D eigenvalue weighted by molar-refractivity contribution is 5.94. The number of hydrogen-bond donors (Lipinski definition) is 0. The number of likely N-dealkylation sites (tertiary alicyclic amines) is 1. The summed E-state index contributed by atoms with van der Waals surface area (Å²) in [6.07, 6.45) is 9.63. The number of fused-ring (bicyclic) bond motifs is 1. The summed E-state index contributed by atoms with van der Waals surface area (Å²) in [6.45, 7) is 4.54. The standard InChI is InChI=1S/C21H26N4/c22-14-17-15-23-20-10-4-3-9-19(20)21(17)25-13-7-8-18(16-25)24-11-5-1-2-6-12-24/h3-4,9-10,15,18H,1-2,5-8,11-13,16H2. The van der Waals surface area contributed by atoms with Gasteiger partial charge in [0.1, 0.15) is 6.07 Å². The van der Waals surface area contributed by atoms with Crippen molar-refractivity contribution in [3.63, 3.8) is 0 Å². The second kappa shape index (κ2) is 7.41. The lowest BCUT2D eigenvalue weighted by molar-refractivity contribution is 0.182. The van der Waals surface area contributed by atoms with Gasteiger partial charge >= 0.3 is 0 Å². The van der Waals surface area contributed by atoms with Gasteiger partial charge in [0.05, 0.1) is 16.8 Å². The number of hydrogen-bond acceptors (Lipinski definition) is 4. The summed E-state index contributed by atoms with van der Waals surface area (Å²) >= 11 is 0. The molecular formula is C21H26N4. The fourth-order valence-corrected chi connectivity index (χ4v) is 4.47. The molecule has 0 spiro atoms. The average Bonchev–Trinajstić information content (AvgIpc) is 2.96. The highest BCUT2D eigenvalue weighted by Gasteiger charge is 2.28. The fourth-order valence-electron chi connectivity index (χ4n) is 4.47. The predicted molar refractivity (Wildman–Crippen MR) is 102 cm³/mol. The molecule has 2 fully saturated rings. The van der Waals surface area contributed by atoms with E-state index in [-0.39, 0.29) is 0 Å². The molecule has 25 heavy (non-hydrogen) atoms. The minimum atomic E-state index is 0.616. The highest BCUT2D eigenvalue weighted by atomic mass is 15.2. The van der Waals surface area contributed by atoms with E-state index >= 15 is 0 Å². The van der Waals surface area contributed by atoms with Gasteiger partial charge in [-0.3, -0.25) is 9.88 Å². The topological polar surface area (TPSA) is 43.2 Å². The molecule has 4 heteroatoms. The van der Waals surface area contributed by atoms with E-state index in [1.807, 2.05) is 18.2 Å². The molecule has 2 saturated heterocycles. The summed E-state index contributed by atoms with van der Waals surface area (Å²) in [4.78, 5) is 9.62. The van der Waals surface area contributed by atoms with Crippen LogP contribution in [0, 0.1) is 11.3 Å². The summed E-state index contributed by atoms with van der Waals surface area (Å²) in [5.41, 5.74) is 2.77. The summed E-state index contributed by atoms with van der Waals surface area (Å²) < 4.78 is 0. The number of anilines is 1. The van der Waals surface area contributed by atoms with Gasteiger partial charge in [0.25, 0.3) is 0 Å². The number of benzene rings is 1. The molecule has 3 heterocycles. The highest BCUT2D eigenvalue weighted by Crippen LogP contribution is 2.32. The average molecular weight is 334 g/mol. The molecule has 1 aromatic carbocycles. The van der Waals surface area contributed by atoms with Crippen LogP contribution in [0.4, 0.5) is 5.69 Å². The van der Waals surface area contributed by atoms with Crippen LogP contribution in [0.15, 0.2) is 30.5 Å². The number of piperidine rings is 1. The first-order chi connectivity index (χ1) is 12.4. The lowest BCUT2D eigenvalue weighted by atomic mass is 10.0. The number of rotatable bonds is 2. The molecule has 0 aliphatic carbocycles. The lowest BCUT2D eigenvalue weighted by Crippen LogP contribution is -2.48. The van der Waals surface area contributed by atoms with Crippen LogP contribution in [0.1, 0.15) is 44.1 Å². The molecule has 2 aliphatic heterocycles. The van der Waals surface area contributed by atoms with Gasteiger partial charge in [-0.2, -0.15) is 5.26 Å². The molecule has 2 aromatic rings. The van der Waals surface area contributed by atoms with Gasteiger partial charge < -0.3 is 4.90 Å². The molecule has 1 unspecified atom stereocenters. The van der Waals surface area contributed by atoms with Crippen LogP contribution in [-0.4, -0.2) is 42.1 Å². The van der Waals surface area contributed by atoms with Gasteiger partial charge in [0, 0.05) is 30.7 Å². The van der Waals surface area contributed by atoms with Crippen LogP contribution < -0.4 is 4.90 Å². The van der Waals surface area contributed by atoms with Crippen molar-refractivity contribution in [2.24, 2.45) is 0 Å². The van der Waals surface area contributed by atoms with Crippen molar-refractivity contribution < 1.29 is 0 Å². The fraction of sp³-hybridized carbons (Fsp3) is 0.524. The van der Waals surface area contributed by atoms with E-state index in [1.54, 1.807) is 6.20 Å². The summed E-state index contributed by atoms with van der Waals surface area (Å²) in [5.74, 6) is 0. The summed E-state index contributed by atoms with van der Waals surface area (Å²) in [7, 11) is 0. The van der Waals surface area contributed by atoms with Crippen molar-refractivity contribution >= 4 is 16.6 Å². The Hall–Kier alpha value is -2.12. The van der Waals surface area contributed by atoms with E-state index in [4.69, 9.17) is 0 Å². The molecule has 130 valence electrons. The zero-order chi connectivity index (χ0) is 17.1. The maximum atomic E-state index is 9.63. The molecule has 0 radical (unpaired) electrons. The normalized spacial score (nSPS) is 22.5. The van der Waals surface area contributed by atoms with E-state index < -0.39 is 0 Å². The molecule has 1 aromatic heterocycles. The van der Waals surface area contributed by atoms with Crippen LogP contribution >= 0.6 is 0 Å². The third-order valence-corrected chi connectivity index (χ3v) is 5.74. The number of pyridine rings is 1. The van der Waals surface area contributed by atoms with Crippen LogP contribution in [0.5, 0.6) is 0 Å². The van der Waals surface area contributed by atoms with E-state index in [0.29, 0.717) is 11.6 Å². The first-order valence-corrected chi connectivity index (χ1v) is 9.63. The largest absolute Gasteiger partial charge is 0.368 e. The number of nitriles is 1. The lowest BCUT2D eigenvalue weighted by Gasteiger charge is -2.40. The van der Waals surface area contributed by atoms with Crippen molar-refractivity contribution in [2.75, 3.05) is 31.1 Å². The Morgan fingerprint density at radius 1 is 1.00 bits per heavy atom. The molecule has 0 saturated carbocycles. The van der Waals surface area contributed by atoms with Gasteiger partial charge in [-0.15, -0.1) is 0 Å². The Bertz CT molecular complexity index is 771. The van der Waals surface area contributed by atoms with Crippen molar-refractivity contribution in [1.82, 2.24) is 9.88 Å². The van der Waals surface area contributed by atoms with E-state index in [2.05, 4.69) is 26.9 Å². The third-order valence-electron chi connectivity index (χ3n) is 5.74. The maximum absolute atomic E-state index is 9.63. The first-order valence-electron chi connectivity index (χ1n) is 9.63. The van der Waals surface area contributed by atoms with Gasteiger partial charge in [0.2, 0.25) is 0 Å². The zero-order valence-corrected chi connectivity index (χ0v) is 14.8. The van der Waals surface area contributed by atoms with Gasteiger partial charge in [-0.05, 0) is 44.8 Å². The van der Waals surface area contributed by atoms with Gasteiger partial charge in [-0.1, -0.05) is 31.0 Å². The quantitative estimate of drug-likeness (QED) is 0.834. The molecule has 4 rings (SSSR count). The second-order valence-corrected chi connectivity index (χ2v) is 7.34. The smallest absolute Gasteiger partial charge is 0.103 e. The molecule has 0 N–H and O–H groups in total. The predicted octanol–water partition coefficient (Wildman–Crippen LogP) is 3.95. The zero-order valence-electron chi connectivity index (χ0n) is 14.8. The monoisotopic (exact) mass is 334 g/mol. The maximum Gasteiger partial charge on any atom is 0.103 e. The Morgan fingerprint density at radius 2 is 1.80 bits per heavy atom. The van der Waals surface area contributed by atoms with Gasteiger partial charge in [0.15, 0.2) is 0 Å². The number of aromatic nitrogens is 1. The van der Waals surface area contributed by atoms with Crippen molar-refractivity contribution in [3.8, 4) is 6.07 Å². The first kappa shape index (κ1) is 16.4. The molecule has 1 atom stereocenters. The van der Waals surface area contributed by atoms with Crippen LogP contribution in [0.2, 0.25) is 0 Å². The van der Waals surface area contributed by atoms with Crippen molar-refractivity contribution in [1.29, 1.82) is 5.26 Å². The third kappa shape index (κ3) is 3.34. The van der Waals surface area contributed by atoms with Crippen LogP contribution in [0.3, 0.4) is 0 Å². The Balaban J connectivity index is 1.65. The molecule has 4 nitrogen and oxygen atoms in total. The van der Waals surface area contributed by atoms with Crippen LogP contribution in [-0.2, 0) is 0 Å². The van der Waals surface area contributed by atoms with Crippen LogP contribution in [0.25, 0.3) is 10.9 Å². The summed E-state index contributed by atoms with van der Waals surface area (Å²) in [5, 5.41) is 10.7. The van der Waals surface area contributed by atoms with E-state index in [1.165, 1.54) is 51.6 Å². The second-order valence-electron chi connectivity index (χ2n) is 7.34. The number of nitrogens with zero attached hydrogens (tertiary/aromatic N) is 4. The summed E-state index contributed by atoms with van der Waals surface area (Å²) in [6, 6.07) is 11.2. The van der Waals surface area contributed by atoms with Gasteiger partial charge in [-0.25, -0.2) is 0 Å². The van der Waals surface area contributed by atoms with Crippen molar-refractivity contribution in [3.05, 3.63) is 36.0 Å². The number of para-hydroxylation sites is 1. The van der Waals surface area contributed by atoms with E-state index in [9.17, 15) is 5.26 Å². The van der Waals surface area contributed by atoms with E-state index in [0.717, 1.165) is 29.7 Å². The Kier molecular flexibility index (Phi) is 4.85. The Morgan fingerprint density at radius 3 is 2.60 bits per heavy atom.